The smallest absolute Gasteiger partial charge is 0.233 e. The van der Waals surface area contributed by atoms with E-state index in [1.807, 2.05) is 6.92 Å². The molecule has 2 bridgehead atoms. The van der Waals surface area contributed by atoms with Crippen LogP contribution in [-0.2, 0) is 4.79 Å². The number of nitrogens with two attached hydrogens (primary N) is 2. The molecule has 2 aliphatic rings. The van der Waals surface area contributed by atoms with Crippen LogP contribution in [0.25, 0.3) is 0 Å². The maximum atomic E-state index is 12.4. The number of hydrogen-bond acceptors (Lipinski definition) is 7. The normalized spacial score (nSPS) is 28.5. The van der Waals surface area contributed by atoms with Crippen molar-refractivity contribution in [3.05, 3.63) is 0 Å². The Labute approximate surface area is 140 Å². The molecule has 0 aliphatic heterocycles. The summed E-state index contributed by atoms with van der Waals surface area (Å²) in [5, 5.41) is 3.23. The van der Waals surface area contributed by atoms with Crippen molar-refractivity contribution in [3.8, 4) is 0 Å². The second-order valence-electron chi connectivity index (χ2n) is 6.73. The molecule has 1 heterocycles. The fraction of sp³-hybridized carbons (Fsp3) is 0.733. The van der Waals surface area contributed by atoms with Crippen molar-refractivity contribution >= 4 is 29.6 Å². The highest BCUT2D eigenvalue weighted by molar-refractivity contribution is 8.00. The molecule has 8 heteroatoms. The first kappa shape index (κ1) is 16.3. The van der Waals surface area contributed by atoms with Crippen molar-refractivity contribution < 1.29 is 4.79 Å². The molecule has 23 heavy (non-hydrogen) atoms. The van der Waals surface area contributed by atoms with Gasteiger partial charge >= 0.3 is 0 Å². The van der Waals surface area contributed by atoms with Crippen LogP contribution in [0.4, 0.5) is 11.9 Å². The average Bonchev–Trinajstić information content (AvgIpc) is 3.08. The number of aromatic nitrogens is 3. The molecule has 5 N–H and O–H groups in total. The number of carbonyl (C=O) groups excluding carboxylic acids is 1. The lowest BCUT2D eigenvalue weighted by atomic mass is 9.84. The maximum Gasteiger partial charge on any atom is 0.233 e. The van der Waals surface area contributed by atoms with Crippen molar-refractivity contribution in [3.63, 3.8) is 0 Å². The van der Waals surface area contributed by atoms with E-state index in [4.69, 9.17) is 11.5 Å². The highest BCUT2D eigenvalue weighted by Crippen LogP contribution is 2.49. The van der Waals surface area contributed by atoms with E-state index >= 15 is 0 Å². The zero-order valence-electron chi connectivity index (χ0n) is 13.5. The van der Waals surface area contributed by atoms with Gasteiger partial charge < -0.3 is 16.8 Å². The number of carbonyl (C=O) groups is 1. The van der Waals surface area contributed by atoms with Gasteiger partial charge in [0.05, 0.1) is 5.25 Å². The second-order valence-corrected chi connectivity index (χ2v) is 8.04. The molecule has 2 saturated carbocycles. The highest BCUT2D eigenvalue weighted by Gasteiger charge is 2.42. The molecule has 2 aliphatic carbocycles. The molecular formula is C15H24N6OS. The van der Waals surface area contributed by atoms with Gasteiger partial charge in [0.1, 0.15) is 0 Å². The Balaban J connectivity index is 1.55. The standard InChI is InChI=1S/C15H24N6OS/c1-7(11-6-9-3-4-10(11)5-9)18-12(22)8(2)23-15-20-13(16)19-14(17)21-15/h7-11H,3-6H2,1-2H3,(H,18,22)(H4,16,17,19,20,21)/t7-,8+,9+,10+,11+/m1/s1. The number of nitrogen functional groups attached to an aromatic ring is 2. The molecule has 5 atom stereocenters. The summed E-state index contributed by atoms with van der Waals surface area (Å²) < 4.78 is 0. The highest BCUT2D eigenvalue weighted by atomic mass is 32.2. The Kier molecular flexibility index (Phi) is 4.61. The van der Waals surface area contributed by atoms with Crippen LogP contribution in [0.15, 0.2) is 5.16 Å². The average molecular weight is 336 g/mol. The van der Waals surface area contributed by atoms with E-state index in [1.54, 1.807) is 0 Å². The van der Waals surface area contributed by atoms with Crippen LogP contribution in [0, 0.1) is 17.8 Å². The molecule has 0 radical (unpaired) electrons. The third-order valence-electron chi connectivity index (χ3n) is 5.11. The third-order valence-corrected chi connectivity index (χ3v) is 6.07. The van der Waals surface area contributed by atoms with Crippen molar-refractivity contribution in [2.24, 2.45) is 17.8 Å². The molecule has 7 nitrogen and oxygen atoms in total. The van der Waals surface area contributed by atoms with Crippen LogP contribution >= 0.6 is 11.8 Å². The minimum atomic E-state index is -0.308. The monoisotopic (exact) mass is 336 g/mol. The van der Waals surface area contributed by atoms with Gasteiger partial charge in [0.25, 0.3) is 0 Å². The Bertz CT molecular complexity index is 577. The largest absolute Gasteiger partial charge is 0.368 e. The van der Waals surface area contributed by atoms with Gasteiger partial charge in [-0.15, -0.1) is 0 Å². The SMILES string of the molecule is C[C@H](Sc1nc(N)nc(N)n1)C(=O)N[C@H](C)[C@@H]1C[C@H]2CC[C@H]1C2. The summed E-state index contributed by atoms with van der Waals surface area (Å²) in [6, 6.07) is 0.217. The molecule has 1 aromatic heterocycles. The Morgan fingerprint density at radius 1 is 1.17 bits per heavy atom. The molecule has 1 aromatic rings. The molecule has 0 saturated heterocycles. The second kappa shape index (κ2) is 6.51. The van der Waals surface area contributed by atoms with E-state index in [0.717, 1.165) is 11.8 Å². The Morgan fingerprint density at radius 3 is 2.43 bits per heavy atom. The zero-order valence-corrected chi connectivity index (χ0v) is 14.3. The topological polar surface area (TPSA) is 120 Å². The molecule has 0 unspecified atom stereocenters. The van der Waals surface area contributed by atoms with E-state index in [-0.39, 0.29) is 29.1 Å². The zero-order chi connectivity index (χ0) is 16.6. The number of nitrogens with zero attached hydrogens (tertiary/aromatic N) is 3. The number of fused-ring (bicyclic) bond motifs is 2. The number of hydrogen-bond donors (Lipinski definition) is 3. The van der Waals surface area contributed by atoms with E-state index in [1.165, 1.54) is 37.4 Å². The number of thioether (sulfide) groups is 1. The van der Waals surface area contributed by atoms with Crippen LogP contribution < -0.4 is 16.8 Å². The number of amides is 1. The lowest BCUT2D eigenvalue weighted by molar-refractivity contribution is -0.121. The van der Waals surface area contributed by atoms with Crippen molar-refractivity contribution in [1.29, 1.82) is 0 Å². The van der Waals surface area contributed by atoms with E-state index in [0.29, 0.717) is 11.1 Å². The minimum absolute atomic E-state index is 0.00262. The molecule has 3 rings (SSSR count). The summed E-state index contributed by atoms with van der Waals surface area (Å²) in [5.74, 6) is 2.45. The van der Waals surface area contributed by atoms with Crippen molar-refractivity contribution in [2.45, 2.75) is 56.0 Å². The summed E-state index contributed by atoms with van der Waals surface area (Å²) in [6.45, 7) is 3.96. The van der Waals surface area contributed by atoms with Gasteiger partial charge in [-0.3, -0.25) is 4.79 Å². The first-order chi connectivity index (χ1) is 10.9. The number of anilines is 2. The van der Waals surface area contributed by atoms with Gasteiger partial charge in [0.15, 0.2) is 5.16 Å². The molecule has 126 valence electrons. The van der Waals surface area contributed by atoms with E-state index in [2.05, 4.69) is 27.2 Å². The van der Waals surface area contributed by atoms with E-state index < -0.39 is 0 Å². The van der Waals surface area contributed by atoms with Crippen LogP contribution in [0.3, 0.4) is 0 Å². The van der Waals surface area contributed by atoms with Gasteiger partial charge in [-0.1, -0.05) is 18.2 Å². The van der Waals surface area contributed by atoms with E-state index in [9.17, 15) is 4.79 Å². The van der Waals surface area contributed by atoms with Gasteiger partial charge in [-0.2, -0.15) is 15.0 Å². The van der Waals surface area contributed by atoms with Gasteiger partial charge in [-0.25, -0.2) is 0 Å². The quantitative estimate of drug-likeness (QED) is 0.696. The fourth-order valence-electron chi connectivity index (χ4n) is 4.01. The molecule has 0 spiro atoms. The predicted molar refractivity (Wildman–Crippen MR) is 90.5 cm³/mol. The van der Waals surface area contributed by atoms with Gasteiger partial charge in [-0.05, 0) is 50.9 Å². The summed E-state index contributed by atoms with van der Waals surface area (Å²) in [6.07, 6.45) is 5.30. The number of nitrogens with one attached hydrogen (secondary N) is 1. The first-order valence-electron chi connectivity index (χ1n) is 8.16. The summed E-state index contributed by atoms with van der Waals surface area (Å²) in [5.41, 5.74) is 11.1. The minimum Gasteiger partial charge on any atom is -0.368 e. The molecular weight excluding hydrogens is 312 g/mol. The molecule has 0 aromatic carbocycles. The van der Waals surface area contributed by atoms with Crippen LogP contribution in [0.1, 0.15) is 39.5 Å². The van der Waals surface area contributed by atoms with Crippen LogP contribution in [-0.4, -0.2) is 32.2 Å². The lowest BCUT2D eigenvalue weighted by Gasteiger charge is -2.29. The Morgan fingerprint density at radius 2 is 1.87 bits per heavy atom. The van der Waals surface area contributed by atoms with Crippen LogP contribution in [0.2, 0.25) is 0 Å². The third kappa shape index (κ3) is 3.68. The number of rotatable bonds is 5. The fourth-order valence-corrected chi connectivity index (χ4v) is 4.79. The van der Waals surface area contributed by atoms with Gasteiger partial charge in [0, 0.05) is 6.04 Å². The van der Waals surface area contributed by atoms with Crippen molar-refractivity contribution in [2.75, 3.05) is 11.5 Å². The van der Waals surface area contributed by atoms with Crippen LogP contribution in [0.5, 0.6) is 0 Å². The van der Waals surface area contributed by atoms with Gasteiger partial charge in [0.2, 0.25) is 17.8 Å². The maximum absolute atomic E-state index is 12.4. The first-order valence-corrected chi connectivity index (χ1v) is 9.04. The Hall–Kier alpha value is -1.57. The lowest BCUT2D eigenvalue weighted by Crippen LogP contribution is -2.43. The molecule has 1 amide bonds. The van der Waals surface area contributed by atoms with Crippen molar-refractivity contribution in [1.82, 2.24) is 20.3 Å². The summed E-state index contributed by atoms with van der Waals surface area (Å²) in [7, 11) is 0. The predicted octanol–water partition coefficient (Wildman–Crippen LogP) is 1.46. The summed E-state index contributed by atoms with van der Waals surface area (Å²) >= 11 is 1.25. The summed E-state index contributed by atoms with van der Waals surface area (Å²) in [4.78, 5) is 24.2. The molecule has 2 fully saturated rings.